The number of hydrogen-bond acceptors (Lipinski definition) is 6. The molecule has 146 valence electrons. The summed E-state index contributed by atoms with van der Waals surface area (Å²) in [6, 6.07) is 20.0. The van der Waals surface area contributed by atoms with E-state index in [-0.39, 0.29) is 34.1 Å². The maximum atomic E-state index is 10.2. The number of rotatable bonds is 2. The highest BCUT2D eigenvalue weighted by Gasteiger charge is 2.15. The molecule has 0 fully saturated rings. The average Bonchev–Trinajstić information content (AvgIpc) is 2.73. The standard InChI is InChI=1S/C24H16N2O4/c27-17-3-1-4-18(28)21(17)15-11-9-13-7-8-14-10-12-16(26-24(14)23(13)25-15)22-19(29)5-2-6-20(22)30/h1-12,27-30H. The monoisotopic (exact) mass is 396 g/mol. The van der Waals surface area contributed by atoms with Crippen LogP contribution in [0.4, 0.5) is 0 Å². The van der Waals surface area contributed by atoms with Crippen molar-refractivity contribution in [3.05, 3.63) is 72.8 Å². The normalized spacial score (nSPS) is 11.2. The fraction of sp³-hybridized carbons (Fsp3) is 0. The van der Waals surface area contributed by atoms with Crippen molar-refractivity contribution in [2.24, 2.45) is 0 Å². The zero-order valence-corrected chi connectivity index (χ0v) is 15.6. The molecule has 30 heavy (non-hydrogen) atoms. The number of fused-ring (bicyclic) bond motifs is 3. The van der Waals surface area contributed by atoms with Gasteiger partial charge < -0.3 is 20.4 Å². The molecule has 0 radical (unpaired) electrons. The molecule has 3 aromatic carbocycles. The Balaban J connectivity index is 1.80. The predicted molar refractivity (Wildman–Crippen MR) is 115 cm³/mol. The highest BCUT2D eigenvalue weighted by atomic mass is 16.3. The third kappa shape index (κ3) is 2.74. The first kappa shape index (κ1) is 17.8. The van der Waals surface area contributed by atoms with Crippen molar-refractivity contribution in [1.29, 1.82) is 0 Å². The van der Waals surface area contributed by atoms with Gasteiger partial charge in [-0.25, -0.2) is 9.97 Å². The van der Waals surface area contributed by atoms with Crippen LogP contribution in [0.2, 0.25) is 0 Å². The van der Waals surface area contributed by atoms with Crippen molar-refractivity contribution in [1.82, 2.24) is 9.97 Å². The van der Waals surface area contributed by atoms with Crippen LogP contribution in [0.25, 0.3) is 44.3 Å². The number of pyridine rings is 2. The molecule has 0 saturated carbocycles. The highest BCUT2D eigenvalue weighted by molar-refractivity contribution is 6.04. The number of nitrogens with zero attached hydrogens (tertiary/aromatic N) is 2. The van der Waals surface area contributed by atoms with Gasteiger partial charge in [-0.05, 0) is 36.4 Å². The minimum atomic E-state index is -0.0742. The number of phenolic OH excluding ortho intramolecular Hbond substituents is 4. The predicted octanol–water partition coefficient (Wildman–Crippen LogP) is 4.94. The van der Waals surface area contributed by atoms with Crippen molar-refractivity contribution < 1.29 is 20.4 Å². The molecule has 0 spiro atoms. The number of aromatic hydroxyl groups is 4. The van der Waals surface area contributed by atoms with Crippen LogP contribution in [-0.4, -0.2) is 30.4 Å². The van der Waals surface area contributed by atoms with E-state index in [1.54, 1.807) is 24.3 Å². The van der Waals surface area contributed by atoms with Gasteiger partial charge in [-0.3, -0.25) is 0 Å². The van der Waals surface area contributed by atoms with Gasteiger partial charge in [0.1, 0.15) is 23.0 Å². The van der Waals surface area contributed by atoms with E-state index in [1.165, 1.54) is 24.3 Å². The Morgan fingerprint density at radius 1 is 0.433 bits per heavy atom. The average molecular weight is 396 g/mol. The van der Waals surface area contributed by atoms with E-state index >= 15 is 0 Å². The number of hydrogen-bond donors (Lipinski definition) is 4. The van der Waals surface area contributed by atoms with Crippen LogP contribution in [-0.2, 0) is 0 Å². The Hall–Kier alpha value is -4.32. The van der Waals surface area contributed by atoms with E-state index in [1.807, 2.05) is 24.3 Å². The molecule has 5 aromatic rings. The lowest BCUT2D eigenvalue weighted by atomic mass is 10.0. The Morgan fingerprint density at radius 2 is 0.767 bits per heavy atom. The molecule has 6 nitrogen and oxygen atoms in total. The van der Waals surface area contributed by atoms with Gasteiger partial charge >= 0.3 is 0 Å². The lowest BCUT2D eigenvalue weighted by Gasteiger charge is -2.11. The molecule has 0 saturated heterocycles. The second-order valence-corrected chi connectivity index (χ2v) is 6.94. The van der Waals surface area contributed by atoms with Gasteiger partial charge in [-0.2, -0.15) is 0 Å². The third-order valence-electron chi connectivity index (χ3n) is 5.07. The largest absolute Gasteiger partial charge is 0.507 e. The van der Waals surface area contributed by atoms with Gasteiger partial charge in [-0.15, -0.1) is 0 Å². The topological polar surface area (TPSA) is 107 Å². The fourth-order valence-electron chi connectivity index (χ4n) is 3.63. The number of aromatic nitrogens is 2. The van der Waals surface area contributed by atoms with Crippen LogP contribution in [0.3, 0.4) is 0 Å². The summed E-state index contributed by atoms with van der Waals surface area (Å²) in [5, 5.41) is 42.5. The van der Waals surface area contributed by atoms with E-state index in [2.05, 4.69) is 9.97 Å². The summed E-state index contributed by atoms with van der Waals surface area (Å²) in [7, 11) is 0. The molecule has 2 aromatic heterocycles. The second-order valence-electron chi connectivity index (χ2n) is 6.94. The lowest BCUT2D eigenvalue weighted by molar-refractivity contribution is 0.453. The summed E-state index contributed by atoms with van der Waals surface area (Å²) in [6.07, 6.45) is 0. The summed E-state index contributed by atoms with van der Waals surface area (Å²) >= 11 is 0. The Bertz CT molecular complexity index is 1300. The smallest absolute Gasteiger partial charge is 0.128 e. The quantitative estimate of drug-likeness (QED) is 0.315. The molecule has 0 aliphatic carbocycles. The third-order valence-corrected chi connectivity index (χ3v) is 5.07. The van der Waals surface area contributed by atoms with Crippen molar-refractivity contribution in [2.75, 3.05) is 0 Å². The van der Waals surface area contributed by atoms with Crippen molar-refractivity contribution in [3.8, 4) is 45.5 Å². The summed E-state index contributed by atoms with van der Waals surface area (Å²) in [4.78, 5) is 9.33. The molecule has 5 rings (SSSR count). The molecule has 0 amide bonds. The van der Waals surface area contributed by atoms with Crippen molar-refractivity contribution in [3.63, 3.8) is 0 Å². The van der Waals surface area contributed by atoms with Crippen molar-refractivity contribution in [2.45, 2.75) is 0 Å². The maximum Gasteiger partial charge on any atom is 0.128 e. The SMILES string of the molecule is Oc1cccc(O)c1-c1ccc2ccc3ccc(-c4c(O)cccc4O)nc3c2n1. The Kier molecular flexibility index (Phi) is 3.93. The number of benzene rings is 3. The summed E-state index contributed by atoms with van der Waals surface area (Å²) < 4.78 is 0. The van der Waals surface area contributed by atoms with Gasteiger partial charge in [-0.1, -0.05) is 36.4 Å². The molecular formula is C24H16N2O4. The molecule has 0 atom stereocenters. The van der Waals surface area contributed by atoms with Crippen molar-refractivity contribution >= 4 is 21.8 Å². The highest BCUT2D eigenvalue weighted by Crippen LogP contribution is 2.39. The van der Waals surface area contributed by atoms with E-state index in [4.69, 9.17) is 0 Å². The first-order valence-corrected chi connectivity index (χ1v) is 9.26. The van der Waals surface area contributed by atoms with E-state index in [0.717, 1.165) is 10.8 Å². The van der Waals surface area contributed by atoms with Crippen LogP contribution < -0.4 is 0 Å². The van der Waals surface area contributed by atoms with Crippen LogP contribution in [0, 0.1) is 0 Å². The van der Waals surface area contributed by atoms with E-state index in [0.29, 0.717) is 22.4 Å². The van der Waals surface area contributed by atoms with Crippen LogP contribution in [0.1, 0.15) is 0 Å². The van der Waals surface area contributed by atoms with Crippen LogP contribution in [0.15, 0.2) is 72.8 Å². The summed E-state index contributed by atoms with van der Waals surface area (Å²) in [5.74, 6) is -0.297. The Labute approximate surface area is 171 Å². The van der Waals surface area contributed by atoms with Crippen LogP contribution >= 0.6 is 0 Å². The van der Waals surface area contributed by atoms with Gasteiger partial charge in [0.25, 0.3) is 0 Å². The van der Waals surface area contributed by atoms with Crippen LogP contribution in [0.5, 0.6) is 23.0 Å². The first-order valence-electron chi connectivity index (χ1n) is 9.26. The zero-order valence-electron chi connectivity index (χ0n) is 15.6. The molecular weight excluding hydrogens is 380 g/mol. The number of phenols is 4. The van der Waals surface area contributed by atoms with Gasteiger partial charge in [0.15, 0.2) is 0 Å². The molecule has 6 heteroatoms. The molecule has 0 bridgehead atoms. The minimum absolute atomic E-state index is 0.0742. The maximum absolute atomic E-state index is 10.2. The minimum Gasteiger partial charge on any atom is -0.507 e. The second kappa shape index (κ2) is 6.63. The Morgan fingerprint density at radius 3 is 1.13 bits per heavy atom. The molecule has 0 unspecified atom stereocenters. The fourth-order valence-corrected chi connectivity index (χ4v) is 3.63. The van der Waals surface area contributed by atoms with Gasteiger partial charge in [0.05, 0.1) is 33.5 Å². The van der Waals surface area contributed by atoms with E-state index in [9.17, 15) is 20.4 Å². The zero-order chi connectivity index (χ0) is 20.8. The first-order chi connectivity index (χ1) is 14.5. The molecule has 0 aliphatic heterocycles. The molecule has 2 heterocycles. The molecule has 4 N–H and O–H groups in total. The van der Waals surface area contributed by atoms with E-state index < -0.39 is 0 Å². The van der Waals surface area contributed by atoms with Gasteiger partial charge in [0.2, 0.25) is 0 Å². The molecule has 0 aliphatic rings. The lowest BCUT2D eigenvalue weighted by Crippen LogP contribution is -1.92. The summed E-state index contributed by atoms with van der Waals surface area (Å²) in [6.45, 7) is 0. The van der Waals surface area contributed by atoms with Gasteiger partial charge in [0, 0.05) is 10.8 Å². The summed E-state index contributed by atoms with van der Waals surface area (Å²) in [5.41, 5.74) is 2.44.